The number of carbonyl (C=O) groups is 4. The standard InChI is InChI=1S/C80H156O17P2/c1-9-72(7)58-50-42-34-26-19-17-15-13-11-12-14-16-18-20-29-37-46-54-62-79(84)97-76(67-91-78(83)61-53-45-39-31-33-41-49-57-71(5)6)69-95-99(88,89)93-65-74(81)64-92-98(86,87)94-68-75(66-90-77(82)60-52-44-36-28-23-21-25-32-40-48-56-70(3)4)96-80(85)63-55-47-38-30-24-22-27-35-43-51-59-73(8)10-2/h70-76,81H,9-69H2,1-8H3,(H,86,87)(H,88,89)/t72?,73?,74?,75-,76-/m1/s1. The first-order valence-corrected chi connectivity index (χ1v) is 44.3. The summed E-state index contributed by atoms with van der Waals surface area (Å²) >= 11 is 0. The van der Waals surface area contributed by atoms with Gasteiger partial charge < -0.3 is 33.8 Å². The molecule has 0 saturated heterocycles. The summed E-state index contributed by atoms with van der Waals surface area (Å²) in [6, 6.07) is 0. The second-order valence-corrected chi connectivity index (χ2v) is 33.1. The summed E-state index contributed by atoms with van der Waals surface area (Å²) in [6.45, 7) is 14.3. The number of rotatable bonds is 77. The average molecular weight is 1450 g/mol. The lowest BCUT2D eigenvalue weighted by Gasteiger charge is -2.21. The van der Waals surface area contributed by atoms with Gasteiger partial charge in [0, 0.05) is 25.7 Å². The van der Waals surface area contributed by atoms with Crippen LogP contribution in [0, 0.1) is 23.7 Å². The molecule has 0 aliphatic heterocycles. The Kier molecular flexibility index (Phi) is 67.8. The van der Waals surface area contributed by atoms with Crippen molar-refractivity contribution in [3.05, 3.63) is 0 Å². The number of esters is 4. The number of carbonyl (C=O) groups excluding carboxylic acids is 4. The number of ether oxygens (including phenoxy) is 4. The summed E-state index contributed by atoms with van der Waals surface area (Å²) in [4.78, 5) is 72.9. The van der Waals surface area contributed by atoms with Crippen molar-refractivity contribution in [1.82, 2.24) is 0 Å². The van der Waals surface area contributed by atoms with Gasteiger partial charge in [0.2, 0.25) is 0 Å². The van der Waals surface area contributed by atoms with Crippen LogP contribution in [0.5, 0.6) is 0 Å². The van der Waals surface area contributed by atoms with E-state index in [9.17, 15) is 43.2 Å². The molecule has 588 valence electrons. The van der Waals surface area contributed by atoms with Gasteiger partial charge in [0.15, 0.2) is 12.2 Å². The molecule has 99 heavy (non-hydrogen) atoms. The second kappa shape index (κ2) is 69.1. The SMILES string of the molecule is CCC(C)CCCCCCCCCCCCCCCCCCCCC(=O)O[C@H](COC(=O)CCCCCCCCCC(C)C)COP(=O)(O)OCC(O)COP(=O)(O)OC[C@@H](COC(=O)CCCCCCCCCCCCC(C)C)OC(=O)CCCCCCCCCCCCC(C)CC. The van der Waals surface area contributed by atoms with Gasteiger partial charge in [-0.3, -0.25) is 37.3 Å². The van der Waals surface area contributed by atoms with Gasteiger partial charge in [-0.15, -0.1) is 0 Å². The van der Waals surface area contributed by atoms with Crippen LogP contribution in [-0.4, -0.2) is 96.7 Å². The second-order valence-electron chi connectivity index (χ2n) is 30.2. The zero-order valence-corrected chi connectivity index (χ0v) is 66.9. The van der Waals surface area contributed by atoms with Crippen molar-refractivity contribution in [3.63, 3.8) is 0 Å². The summed E-state index contributed by atoms with van der Waals surface area (Å²) in [6.07, 6.45) is 55.5. The van der Waals surface area contributed by atoms with Gasteiger partial charge in [0.25, 0.3) is 0 Å². The van der Waals surface area contributed by atoms with Crippen molar-refractivity contribution >= 4 is 39.5 Å². The lowest BCUT2D eigenvalue weighted by molar-refractivity contribution is -0.161. The molecule has 0 aromatic heterocycles. The van der Waals surface area contributed by atoms with E-state index in [0.29, 0.717) is 31.6 Å². The van der Waals surface area contributed by atoms with Crippen molar-refractivity contribution in [2.45, 2.75) is 427 Å². The van der Waals surface area contributed by atoms with E-state index in [1.54, 1.807) is 0 Å². The lowest BCUT2D eigenvalue weighted by atomic mass is 9.99. The molecule has 0 aliphatic carbocycles. The number of unbranched alkanes of at least 4 members (excludes halogenated alkanes) is 41. The smallest absolute Gasteiger partial charge is 0.462 e. The third-order valence-electron chi connectivity index (χ3n) is 19.3. The normalized spacial score (nSPS) is 14.6. The maximum Gasteiger partial charge on any atom is 0.472 e. The van der Waals surface area contributed by atoms with Crippen LogP contribution in [0.25, 0.3) is 0 Å². The molecule has 7 atom stereocenters. The Labute approximate surface area is 607 Å². The summed E-state index contributed by atoms with van der Waals surface area (Å²) in [5.41, 5.74) is 0. The summed E-state index contributed by atoms with van der Waals surface area (Å²) in [5.74, 6) is 1.02. The van der Waals surface area contributed by atoms with E-state index in [-0.39, 0.29) is 25.7 Å². The summed E-state index contributed by atoms with van der Waals surface area (Å²) in [5, 5.41) is 10.6. The minimum absolute atomic E-state index is 0.106. The van der Waals surface area contributed by atoms with Crippen molar-refractivity contribution in [2.75, 3.05) is 39.6 Å². The zero-order chi connectivity index (χ0) is 73.1. The van der Waals surface area contributed by atoms with Crippen molar-refractivity contribution < 1.29 is 80.2 Å². The van der Waals surface area contributed by atoms with Crippen LogP contribution in [0.1, 0.15) is 409 Å². The zero-order valence-electron chi connectivity index (χ0n) is 65.1. The molecular formula is C80H156O17P2. The molecule has 0 heterocycles. The number of hydrogen-bond acceptors (Lipinski definition) is 15. The molecule has 0 radical (unpaired) electrons. The van der Waals surface area contributed by atoms with Crippen LogP contribution in [0.15, 0.2) is 0 Å². The van der Waals surface area contributed by atoms with Gasteiger partial charge in [-0.2, -0.15) is 0 Å². The molecule has 0 aromatic carbocycles. The molecule has 0 spiro atoms. The monoisotopic (exact) mass is 1450 g/mol. The quantitative estimate of drug-likeness (QED) is 0.0222. The summed E-state index contributed by atoms with van der Waals surface area (Å²) < 4.78 is 68.6. The number of phosphoric acid groups is 2. The minimum atomic E-state index is -4.96. The molecule has 0 aromatic rings. The van der Waals surface area contributed by atoms with Crippen molar-refractivity contribution in [1.29, 1.82) is 0 Å². The van der Waals surface area contributed by atoms with Gasteiger partial charge in [0.1, 0.15) is 19.3 Å². The molecular weight excluding hydrogens is 1290 g/mol. The minimum Gasteiger partial charge on any atom is -0.462 e. The van der Waals surface area contributed by atoms with Gasteiger partial charge in [-0.1, -0.05) is 357 Å². The van der Waals surface area contributed by atoms with Gasteiger partial charge in [-0.25, -0.2) is 9.13 Å². The highest BCUT2D eigenvalue weighted by Gasteiger charge is 2.30. The predicted molar refractivity (Wildman–Crippen MR) is 404 cm³/mol. The van der Waals surface area contributed by atoms with E-state index >= 15 is 0 Å². The Bertz CT molecular complexity index is 1940. The van der Waals surface area contributed by atoms with E-state index in [4.69, 9.17) is 37.0 Å². The number of hydrogen-bond donors (Lipinski definition) is 3. The molecule has 17 nitrogen and oxygen atoms in total. The number of aliphatic hydroxyl groups excluding tert-OH is 1. The molecule has 0 rings (SSSR count). The highest BCUT2D eigenvalue weighted by molar-refractivity contribution is 7.47. The molecule has 0 fully saturated rings. The highest BCUT2D eigenvalue weighted by Crippen LogP contribution is 2.45. The third-order valence-corrected chi connectivity index (χ3v) is 21.2. The number of phosphoric ester groups is 2. The van der Waals surface area contributed by atoms with Crippen LogP contribution in [0.2, 0.25) is 0 Å². The largest absolute Gasteiger partial charge is 0.472 e. The van der Waals surface area contributed by atoms with Crippen molar-refractivity contribution in [3.8, 4) is 0 Å². The van der Waals surface area contributed by atoms with Crippen LogP contribution in [0.4, 0.5) is 0 Å². The first kappa shape index (κ1) is 97.1. The van der Waals surface area contributed by atoms with Crippen LogP contribution < -0.4 is 0 Å². The summed E-state index contributed by atoms with van der Waals surface area (Å²) in [7, 11) is -9.92. The van der Waals surface area contributed by atoms with Gasteiger partial charge in [-0.05, 0) is 49.4 Å². The highest BCUT2D eigenvalue weighted by atomic mass is 31.2. The van der Waals surface area contributed by atoms with Crippen LogP contribution in [-0.2, 0) is 65.4 Å². The van der Waals surface area contributed by atoms with Crippen molar-refractivity contribution in [2.24, 2.45) is 23.7 Å². The molecule has 5 unspecified atom stereocenters. The molecule has 0 aliphatic rings. The van der Waals surface area contributed by atoms with E-state index in [0.717, 1.165) is 114 Å². The maximum atomic E-state index is 13.1. The van der Waals surface area contributed by atoms with Gasteiger partial charge in [0.05, 0.1) is 26.4 Å². The third kappa shape index (κ3) is 71.5. The predicted octanol–water partition coefficient (Wildman–Crippen LogP) is 23.6. The Morgan fingerprint density at radius 1 is 0.283 bits per heavy atom. The topological polar surface area (TPSA) is 237 Å². The first-order valence-electron chi connectivity index (χ1n) is 41.3. The Morgan fingerprint density at radius 2 is 0.485 bits per heavy atom. The maximum absolute atomic E-state index is 13.1. The Morgan fingerprint density at radius 3 is 0.717 bits per heavy atom. The molecule has 0 amide bonds. The molecule has 0 bridgehead atoms. The molecule has 0 saturated carbocycles. The molecule has 19 heteroatoms. The Hall–Kier alpha value is -1.94. The van der Waals surface area contributed by atoms with E-state index in [2.05, 4.69) is 55.4 Å². The Balaban J connectivity index is 5.19. The fourth-order valence-corrected chi connectivity index (χ4v) is 13.8. The lowest BCUT2D eigenvalue weighted by Crippen LogP contribution is -2.30. The first-order chi connectivity index (χ1) is 47.7. The van der Waals surface area contributed by atoms with E-state index < -0.39 is 97.5 Å². The number of aliphatic hydroxyl groups is 1. The average Bonchev–Trinajstić information content (AvgIpc) is 1.04. The van der Waals surface area contributed by atoms with Crippen LogP contribution in [0.3, 0.4) is 0 Å². The van der Waals surface area contributed by atoms with Crippen LogP contribution >= 0.6 is 15.6 Å². The van der Waals surface area contributed by atoms with E-state index in [1.165, 1.54) is 205 Å². The van der Waals surface area contributed by atoms with E-state index in [1.807, 2.05) is 0 Å². The fraction of sp³-hybridized carbons (Fsp3) is 0.950. The molecule has 3 N–H and O–H groups in total. The van der Waals surface area contributed by atoms with Gasteiger partial charge >= 0.3 is 39.5 Å². The fourth-order valence-electron chi connectivity index (χ4n) is 12.2.